The first kappa shape index (κ1) is 53.8. The molecular weight excluding hydrogens is 939 g/mol. The minimum absolute atomic E-state index is 0. The molecule has 14 nitrogen and oxygen atoms in total. The summed E-state index contributed by atoms with van der Waals surface area (Å²) in [5.41, 5.74) is 7.76. The van der Waals surface area contributed by atoms with Crippen LogP contribution in [-0.4, -0.2) is 124 Å². The van der Waals surface area contributed by atoms with Gasteiger partial charge in [0.25, 0.3) is 0 Å². The molecule has 0 spiro atoms. The Bertz CT molecular complexity index is 2730. The molecule has 360 valence electrons. The number of aliphatic hydroxyl groups excluding tert-OH is 4. The van der Waals surface area contributed by atoms with Gasteiger partial charge in [0, 0.05) is 96.0 Å². The Hall–Kier alpha value is -6.50. The van der Waals surface area contributed by atoms with E-state index in [4.69, 9.17) is 9.97 Å². The maximum atomic E-state index is 13.7. The van der Waals surface area contributed by atoms with E-state index in [1.54, 1.807) is 49.1 Å². The van der Waals surface area contributed by atoms with Gasteiger partial charge in [-0.25, -0.2) is 18.7 Å². The topological polar surface area (TPSA) is 223 Å². The van der Waals surface area contributed by atoms with Gasteiger partial charge in [0.05, 0.1) is 47.2 Å². The molecule has 0 amide bonds. The van der Waals surface area contributed by atoms with Crippen molar-refractivity contribution in [2.45, 2.75) is 76.0 Å². The molecule has 0 aliphatic heterocycles. The fourth-order valence-corrected chi connectivity index (χ4v) is 8.15. The number of carbonyl (C=O) groups is 2. The van der Waals surface area contributed by atoms with Gasteiger partial charge in [-0.1, -0.05) is 60.7 Å². The maximum Gasteiger partial charge on any atom is 2.00 e. The van der Waals surface area contributed by atoms with Gasteiger partial charge in [-0.3, -0.25) is 9.97 Å². The molecule has 0 aliphatic carbocycles. The molecule has 0 saturated heterocycles. The first-order chi connectivity index (χ1) is 33.8. The van der Waals surface area contributed by atoms with Crippen LogP contribution in [0.5, 0.6) is 0 Å². The Morgan fingerprint density at radius 3 is 1.13 bits per heavy atom. The standard InChI is InChI=1S/2C27H26FN3O4.Ca/c2*28-21-8-6-19(7-9-21)26-25(18-10-13-29-14-11-18)30-27(20-4-2-1-3-5-20)31(26)15-12-22(32)16-23(33)17-24(34)35;/h2*1-11,13-14,22-23,32-33H,12,15-17H2,(H,34,35);/q;;+2/p-2/t2*22-,23-;/m11./s1. The number of nitrogens with zero attached hydrogens (tertiary/aromatic N) is 6. The second kappa shape index (κ2) is 26.1. The van der Waals surface area contributed by atoms with Gasteiger partial charge in [-0.05, 0) is 98.5 Å². The molecule has 8 aromatic rings. The van der Waals surface area contributed by atoms with Crippen LogP contribution < -0.4 is 10.2 Å². The van der Waals surface area contributed by atoms with E-state index in [1.165, 1.54) is 24.3 Å². The first-order valence-electron chi connectivity index (χ1n) is 22.6. The van der Waals surface area contributed by atoms with E-state index in [2.05, 4.69) is 9.97 Å². The van der Waals surface area contributed by atoms with Crippen molar-refractivity contribution in [3.05, 3.63) is 170 Å². The van der Waals surface area contributed by atoms with Crippen molar-refractivity contribution >= 4 is 49.7 Å². The summed E-state index contributed by atoms with van der Waals surface area (Å²) in [6.07, 6.45) is 1.64. The van der Waals surface area contributed by atoms with Crippen LogP contribution in [0, 0.1) is 11.6 Å². The molecule has 4 heterocycles. The Morgan fingerprint density at radius 1 is 0.465 bits per heavy atom. The van der Waals surface area contributed by atoms with Crippen molar-refractivity contribution in [1.29, 1.82) is 0 Å². The molecule has 0 saturated carbocycles. The molecule has 17 heteroatoms. The van der Waals surface area contributed by atoms with Crippen LogP contribution in [0.1, 0.15) is 38.5 Å². The summed E-state index contributed by atoms with van der Waals surface area (Å²) in [4.78, 5) is 39.6. The van der Waals surface area contributed by atoms with E-state index in [1.807, 2.05) is 94.1 Å². The predicted molar refractivity (Wildman–Crippen MR) is 260 cm³/mol. The van der Waals surface area contributed by atoms with Gasteiger partial charge in [-0.2, -0.15) is 0 Å². The zero-order valence-electron chi connectivity index (χ0n) is 38.5. The minimum atomic E-state index is -1.37. The van der Waals surface area contributed by atoms with Crippen molar-refractivity contribution in [1.82, 2.24) is 29.1 Å². The smallest absolute Gasteiger partial charge is 0.550 e. The molecule has 0 aliphatic rings. The average Bonchev–Trinajstić information content (AvgIpc) is 3.93. The van der Waals surface area contributed by atoms with Gasteiger partial charge in [0.1, 0.15) is 23.3 Å². The summed E-state index contributed by atoms with van der Waals surface area (Å²) >= 11 is 0. The third-order valence-electron chi connectivity index (χ3n) is 11.4. The van der Waals surface area contributed by atoms with Crippen LogP contribution in [-0.2, 0) is 22.7 Å². The Morgan fingerprint density at radius 2 is 0.803 bits per heavy atom. The van der Waals surface area contributed by atoms with E-state index in [0.717, 1.165) is 44.8 Å². The molecule has 4 aromatic heterocycles. The summed E-state index contributed by atoms with van der Waals surface area (Å²) in [7, 11) is 0. The number of benzene rings is 4. The molecule has 71 heavy (non-hydrogen) atoms. The second-order valence-corrected chi connectivity index (χ2v) is 16.6. The monoisotopic (exact) mass is 988 g/mol. The molecule has 0 unspecified atom stereocenters. The maximum absolute atomic E-state index is 13.7. The number of hydrogen-bond acceptors (Lipinski definition) is 12. The Balaban J connectivity index is 0.000000229. The van der Waals surface area contributed by atoms with Crippen molar-refractivity contribution in [3.63, 3.8) is 0 Å². The van der Waals surface area contributed by atoms with Crippen LogP contribution in [0.15, 0.2) is 158 Å². The Kier molecular flexibility index (Phi) is 19.8. The molecular formula is C54H50CaF2N6O8. The van der Waals surface area contributed by atoms with Gasteiger partial charge in [-0.15, -0.1) is 0 Å². The number of aliphatic hydroxyl groups is 4. The zero-order valence-corrected chi connectivity index (χ0v) is 40.8. The fraction of sp³-hybridized carbons (Fsp3) is 0.222. The number of hydrogen-bond donors (Lipinski definition) is 4. The van der Waals surface area contributed by atoms with Crippen LogP contribution in [0.3, 0.4) is 0 Å². The van der Waals surface area contributed by atoms with Crippen molar-refractivity contribution in [3.8, 4) is 67.8 Å². The van der Waals surface area contributed by atoms with Crippen LogP contribution >= 0.6 is 0 Å². The minimum Gasteiger partial charge on any atom is -0.550 e. The molecule has 4 N–H and O–H groups in total. The fourth-order valence-electron chi connectivity index (χ4n) is 8.15. The van der Waals surface area contributed by atoms with Crippen LogP contribution in [0.4, 0.5) is 8.78 Å². The number of aromatic nitrogens is 6. The van der Waals surface area contributed by atoms with E-state index in [9.17, 15) is 49.0 Å². The molecule has 4 atom stereocenters. The number of pyridine rings is 2. The number of halogens is 2. The number of aliphatic carboxylic acids is 2. The normalized spacial score (nSPS) is 12.7. The molecule has 4 aromatic carbocycles. The third kappa shape index (κ3) is 14.8. The van der Waals surface area contributed by atoms with Crippen LogP contribution in [0.2, 0.25) is 0 Å². The summed E-state index contributed by atoms with van der Waals surface area (Å²) in [6.45, 7) is 0.655. The molecule has 0 fully saturated rings. The summed E-state index contributed by atoms with van der Waals surface area (Å²) in [5, 5.41) is 62.3. The summed E-state index contributed by atoms with van der Waals surface area (Å²) in [5.74, 6) is -2.12. The van der Waals surface area contributed by atoms with Crippen molar-refractivity contribution in [2.24, 2.45) is 0 Å². The number of carbonyl (C=O) groups excluding carboxylic acids is 2. The molecule has 0 bridgehead atoms. The molecule has 8 rings (SSSR count). The van der Waals surface area contributed by atoms with Gasteiger partial charge in [0.2, 0.25) is 0 Å². The average molecular weight is 989 g/mol. The van der Waals surface area contributed by atoms with Gasteiger partial charge in [0.15, 0.2) is 0 Å². The van der Waals surface area contributed by atoms with Gasteiger partial charge < -0.3 is 49.4 Å². The van der Waals surface area contributed by atoms with E-state index in [-0.39, 0.29) is 75.1 Å². The van der Waals surface area contributed by atoms with E-state index < -0.39 is 49.2 Å². The quantitative estimate of drug-likeness (QED) is 0.0672. The second-order valence-electron chi connectivity index (χ2n) is 16.6. The van der Waals surface area contributed by atoms with Gasteiger partial charge >= 0.3 is 37.7 Å². The van der Waals surface area contributed by atoms with Crippen molar-refractivity contribution < 1.29 is 49.0 Å². The summed E-state index contributed by atoms with van der Waals surface area (Å²) in [6, 6.07) is 38.8. The number of carboxylic acid groups (broad SMARTS) is 2. The Labute approximate surface area is 438 Å². The van der Waals surface area contributed by atoms with Crippen molar-refractivity contribution in [2.75, 3.05) is 0 Å². The SMILES string of the molecule is O=C([O-])C[C@H](O)C[C@H](O)CCn1c(-c2ccccc2)nc(-c2ccncc2)c1-c1ccc(F)cc1.O=C([O-])C[C@H](O)C[C@H](O)CCn1c(-c2ccccc2)nc(-c2ccncc2)c1-c1ccc(F)cc1.[Ca+2]. The number of rotatable bonds is 20. The molecule has 0 radical (unpaired) electrons. The van der Waals surface area contributed by atoms with E-state index in [0.29, 0.717) is 36.1 Å². The number of carboxylic acids is 2. The third-order valence-corrected chi connectivity index (χ3v) is 11.4. The van der Waals surface area contributed by atoms with E-state index >= 15 is 0 Å². The van der Waals surface area contributed by atoms with Crippen LogP contribution in [0.25, 0.3) is 67.8 Å². The number of imidazole rings is 2. The zero-order chi connectivity index (χ0) is 49.6. The summed E-state index contributed by atoms with van der Waals surface area (Å²) < 4.78 is 31.4. The predicted octanol–water partition coefficient (Wildman–Crippen LogP) is 5.74. The largest absolute Gasteiger partial charge is 2.00 e. The first-order valence-corrected chi connectivity index (χ1v) is 22.6.